The van der Waals surface area contributed by atoms with E-state index >= 15 is 0 Å². The number of pyridine rings is 1. The second-order valence-electron chi connectivity index (χ2n) is 6.49. The van der Waals surface area contributed by atoms with E-state index in [4.69, 9.17) is 4.74 Å². The summed E-state index contributed by atoms with van der Waals surface area (Å²) < 4.78 is 6.06. The number of imide groups is 1. The number of H-pyrrole nitrogens is 1. The lowest BCUT2D eigenvalue weighted by Gasteiger charge is -2.13. The number of rotatable bonds is 3. The fourth-order valence-corrected chi connectivity index (χ4v) is 3.75. The summed E-state index contributed by atoms with van der Waals surface area (Å²) in [5.74, 6) is -0.0759. The van der Waals surface area contributed by atoms with Gasteiger partial charge in [-0.05, 0) is 48.5 Å². The van der Waals surface area contributed by atoms with E-state index in [0.29, 0.717) is 33.7 Å². The summed E-state index contributed by atoms with van der Waals surface area (Å²) >= 11 is 3.37. The van der Waals surface area contributed by atoms with Crippen LogP contribution in [0, 0.1) is 0 Å². The number of halogens is 1. The first kappa shape index (κ1) is 17.6. The molecule has 2 aromatic carbocycles. The molecular formula is C21H13BrN4O3. The van der Waals surface area contributed by atoms with Crippen LogP contribution in [-0.4, -0.2) is 34.1 Å². The number of hydrogen-bond donors (Lipinski definition) is 1. The maximum absolute atomic E-state index is 13.3. The number of carbonyl (C=O) groups excluding carboxylic acids is 2. The Hall–Kier alpha value is -3.52. The minimum atomic E-state index is -0.399. The van der Waals surface area contributed by atoms with E-state index in [-0.39, 0.29) is 5.56 Å². The van der Waals surface area contributed by atoms with Gasteiger partial charge in [-0.25, -0.2) is 9.88 Å². The minimum absolute atomic E-state index is 0.265. The van der Waals surface area contributed by atoms with Crippen LogP contribution in [-0.2, 0) is 0 Å². The maximum Gasteiger partial charge on any atom is 0.267 e. The van der Waals surface area contributed by atoms with Gasteiger partial charge in [0.1, 0.15) is 5.75 Å². The van der Waals surface area contributed by atoms with Gasteiger partial charge < -0.3 is 4.74 Å². The lowest BCUT2D eigenvalue weighted by molar-refractivity contribution is 0.0926. The Morgan fingerprint density at radius 3 is 2.41 bits per heavy atom. The first-order valence-corrected chi connectivity index (χ1v) is 9.53. The lowest BCUT2D eigenvalue weighted by Crippen LogP contribution is -2.29. The highest BCUT2D eigenvalue weighted by Crippen LogP contribution is 2.36. The van der Waals surface area contributed by atoms with E-state index in [1.807, 2.05) is 24.3 Å². The number of nitrogens with zero attached hydrogens (tertiary/aromatic N) is 3. The predicted octanol–water partition coefficient (Wildman–Crippen LogP) is 4.20. The molecular weight excluding hydrogens is 436 g/mol. The number of fused-ring (bicyclic) bond motifs is 3. The van der Waals surface area contributed by atoms with Crippen molar-refractivity contribution in [3.63, 3.8) is 0 Å². The number of hydrogen-bond acceptors (Lipinski definition) is 5. The Bertz CT molecular complexity index is 1280. The minimum Gasteiger partial charge on any atom is -0.497 e. The summed E-state index contributed by atoms with van der Waals surface area (Å²) in [6, 6.07) is 14.4. The molecule has 2 amide bonds. The number of benzene rings is 2. The van der Waals surface area contributed by atoms with Gasteiger partial charge in [0.25, 0.3) is 11.8 Å². The van der Waals surface area contributed by atoms with Crippen molar-refractivity contribution in [2.75, 3.05) is 12.0 Å². The van der Waals surface area contributed by atoms with Gasteiger partial charge in [-0.15, -0.1) is 0 Å². The molecule has 7 nitrogen and oxygen atoms in total. The molecule has 2 aromatic heterocycles. The second-order valence-corrected chi connectivity index (χ2v) is 7.41. The molecule has 1 N–H and O–H groups in total. The Balaban J connectivity index is 1.69. The zero-order valence-electron chi connectivity index (χ0n) is 15.1. The summed E-state index contributed by atoms with van der Waals surface area (Å²) in [4.78, 5) is 31.7. The summed E-state index contributed by atoms with van der Waals surface area (Å²) in [5.41, 5.74) is 2.90. The molecule has 0 saturated heterocycles. The molecule has 29 heavy (non-hydrogen) atoms. The Kier molecular flexibility index (Phi) is 3.95. The third-order valence-corrected chi connectivity index (χ3v) is 5.43. The average Bonchev–Trinajstić information content (AvgIpc) is 3.28. The Morgan fingerprint density at radius 2 is 1.72 bits per heavy atom. The molecule has 0 radical (unpaired) electrons. The van der Waals surface area contributed by atoms with E-state index in [0.717, 1.165) is 10.0 Å². The summed E-state index contributed by atoms with van der Waals surface area (Å²) in [6.07, 6.45) is 1.41. The number of anilines is 1. The average molecular weight is 449 g/mol. The zero-order chi connectivity index (χ0) is 20.1. The molecule has 1 aliphatic rings. The number of amides is 2. The molecule has 0 atom stereocenters. The van der Waals surface area contributed by atoms with Crippen molar-refractivity contribution in [1.82, 2.24) is 15.2 Å². The first-order valence-electron chi connectivity index (χ1n) is 8.74. The number of methoxy groups -OCH3 is 1. The fraction of sp³-hybridized carbons (Fsp3) is 0.0476. The standard InChI is InChI=1S/C21H13BrN4O3/c1-29-14-8-2-11(3-9-14)18-17-16-15(10-23-19(17)25-24-18)20(27)26(21(16)28)13-6-4-12(22)5-7-13/h2-10H,1H3,(H,23,24,25). The van der Waals surface area contributed by atoms with Crippen LogP contribution in [0.5, 0.6) is 5.75 Å². The van der Waals surface area contributed by atoms with Crippen LogP contribution >= 0.6 is 15.9 Å². The number of ether oxygens (including phenoxy) is 1. The van der Waals surface area contributed by atoms with Crippen molar-refractivity contribution in [2.45, 2.75) is 0 Å². The SMILES string of the molecule is COc1ccc(-c2[nH]nc3ncc4c(c23)C(=O)N(c2ccc(Br)cc2)C4=O)cc1. The summed E-state index contributed by atoms with van der Waals surface area (Å²) in [6.45, 7) is 0. The van der Waals surface area contributed by atoms with Crippen LogP contribution < -0.4 is 9.64 Å². The molecule has 3 heterocycles. The van der Waals surface area contributed by atoms with Crippen molar-refractivity contribution in [1.29, 1.82) is 0 Å². The van der Waals surface area contributed by atoms with Crippen molar-refractivity contribution in [3.8, 4) is 17.0 Å². The van der Waals surface area contributed by atoms with Gasteiger partial charge in [-0.2, -0.15) is 5.10 Å². The molecule has 0 spiro atoms. The topological polar surface area (TPSA) is 88.2 Å². The number of nitrogens with one attached hydrogen (secondary N) is 1. The van der Waals surface area contributed by atoms with Gasteiger partial charge in [0.2, 0.25) is 0 Å². The number of aromatic nitrogens is 3. The van der Waals surface area contributed by atoms with Crippen LogP contribution in [0.15, 0.2) is 59.2 Å². The van der Waals surface area contributed by atoms with E-state index in [1.54, 1.807) is 31.4 Å². The van der Waals surface area contributed by atoms with Gasteiger partial charge in [-0.3, -0.25) is 14.7 Å². The monoisotopic (exact) mass is 448 g/mol. The summed E-state index contributed by atoms with van der Waals surface area (Å²) in [7, 11) is 1.60. The molecule has 0 saturated carbocycles. The van der Waals surface area contributed by atoms with Gasteiger partial charge >= 0.3 is 0 Å². The van der Waals surface area contributed by atoms with Crippen LogP contribution in [0.4, 0.5) is 5.69 Å². The molecule has 0 aliphatic carbocycles. The number of aromatic amines is 1. The normalized spacial score (nSPS) is 13.2. The zero-order valence-corrected chi connectivity index (χ0v) is 16.7. The van der Waals surface area contributed by atoms with E-state index in [1.165, 1.54) is 11.1 Å². The largest absolute Gasteiger partial charge is 0.497 e. The van der Waals surface area contributed by atoms with Crippen LogP contribution in [0.2, 0.25) is 0 Å². The Morgan fingerprint density at radius 1 is 1.00 bits per heavy atom. The lowest BCUT2D eigenvalue weighted by atomic mass is 10.0. The Labute approximate surface area is 173 Å². The van der Waals surface area contributed by atoms with Crippen molar-refractivity contribution < 1.29 is 14.3 Å². The molecule has 5 rings (SSSR count). The predicted molar refractivity (Wildman–Crippen MR) is 111 cm³/mol. The van der Waals surface area contributed by atoms with Crippen LogP contribution in [0.25, 0.3) is 22.3 Å². The highest BCUT2D eigenvalue weighted by atomic mass is 79.9. The third kappa shape index (κ3) is 2.64. The van der Waals surface area contributed by atoms with Crippen molar-refractivity contribution in [3.05, 3.63) is 70.3 Å². The van der Waals surface area contributed by atoms with E-state index in [2.05, 4.69) is 31.1 Å². The highest BCUT2D eigenvalue weighted by Gasteiger charge is 2.39. The second kappa shape index (κ2) is 6.52. The molecule has 4 aromatic rings. The third-order valence-electron chi connectivity index (χ3n) is 4.90. The summed E-state index contributed by atoms with van der Waals surface area (Å²) in [5, 5.41) is 7.71. The van der Waals surface area contributed by atoms with Gasteiger partial charge in [0, 0.05) is 16.2 Å². The highest BCUT2D eigenvalue weighted by molar-refractivity contribution is 9.10. The molecule has 1 aliphatic heterocycles. The van der Waals surface area contributed by atoms with E-state index in [9.17, 15) is 9.59 Å². The molecule has 0 bridgehead atoms. The smallest absolute Gasteiger partial charge is 0.267 e. The fourth-order valence-electron chi connectivity index (χ4n) is 3.49. The quantitative estimate of drug-likeness (QED) is 0.474. The molecule has 8 heteroatoms. The van der Waals surface area contributed by atoms with Crippen LogP contribution in [0.3, 0.4) is 0 Å². The van der Waals surface area contributed by atoms with E-state index < -0.39 is 11.8 Å². The maximum atomic E-state index is 13.3. The van der Waals surface area contributed by atoms with Gasteiger partial charge in [0.05, 0.1) is 35.0 Å². The molecule has 0 unspecified atom stereocenters. The van der Waals surface area contributed by atoms with Gasteiger partial charge in [0.15, 0.2) is 5.65 Å². The number of carbonyl (C=O) groups is 2. The van der Waals surface area contributed by atoms with Crippen molar-refractivity contribution in [2.24, 2.45) is 0 Å². The van der Waals surface area contributed by atoms with Gasteiger partial charge in [-0.1, -0.05) is 15.9 Å². The van der Waals surface area contributed by atoms with Crippen LogP contribution in [0.1, 0.15) is 20.7 Å². The first-order chi connectivity index (χ1) is 14.1. The van der Waals surface area contributed by atoms with Crippen molar-refractivity contribution >= 4 is 44.5 Å². The molecule has 0 fully saturated rings. The molecule has 142 valence electrons.